The van der Waals surface area contributed by atoms with Crippen molar-refractivity contribution in [3.05, 3.63) is 33.0 Å². The van der Waals surface area contributed by atoms with Crippen molar-refractivity contribution in [3.63, 3.8) is 0 Å². The topological polar surface area (TPSA) is 71.8 Å². The van der Waals surface area contributed by atoms with Crippen LogP contribution >= 0.6 is 36.2 Å². The fourth-order valence-electron chi connectivity index (χ4n) is 3.53. The number of carbonyl (C=O) groups is 1. The monoisotopic (exact) mass is 431 g/mol. The largest absolute Gasteiger partial charge is 0.356 e. The highest BCUT2D eigenvalue weighted by Crippen LogP contribution is 2.27. The van der Waals surface area contributed by atoms with Gasteiger partial charge in [0.05, 0.1) is 22.1 Å². The molecule has 150 valence electrons. The molecule has 0 bridgehead atoms. The third-order valence-electron chi connectivity index (χ3n) is 4.85. The number of fused-ring (bicyclic) bond motifs is 2. The van der Waals surface area contributed by atoms with Crippen LogP contribution in [0.25, 0.3) is 0 Å². The number of amides is 1. The highest BCUT2D eigenvalue weighted by Gasteiger charge is 2.16. The normalized spacial score (nSPS) is 15.1. The fraction of sp³-hybridized carbons (Fsp3) is 0.611. The average Bonchev–Trinajstić information content (AvgIpc) is 3.25. The van der Waals surface area contributed by atoms with Gasteiger partial charge in [0.1, 0.15) is 0 Å². The third kappa shape index (κ3) is 5.67. The van der Waals surface area contributed by atoms with Crippen LogP contribution in [0, 0.1) is 0 Å². The number of rotatable bonds is 6. The Morgan fingerprint density at radius 2 is 2.15 bits per heavy atom. The summed E-state index contributed by atoms with van der Waals surface area (Å²) < 4.78 is 2.08. The second kappa shape index (κ2) is 10.4. The van der Waals surface area contributed by atoms with Crippen molar-refractivity contribution in [1.29, 1.82) is 0 Å². The van der Waals surface area contributed by atoms with Crippen molar-refractivity contribution >= 4 is 42.1 Å². The van der Waals surface area contributed by atoms with Gasteiger partial charge < -0.3 is 10.6 Å². The Morgan fingerprint density at radius 1 is 1.26 bits per heavy atom. The van der Waals surface area contributed by atoms with Crippen molar-refractivity contribution in [2.45, 2.75) is 58.0 Å². The lowest BCUT2D eigenvalue weighted by molar-refractivity contribution is -0.121. The summed E-state index contributed by atoms with van der Waals surface area (Å²) in [5.74, 6) is 0.102. The molecular formula is C18H27Cl2N5OS. The van der Waals surface area contributed by atoms with E-state index in [1.54, 1.807) is 0 Å². The first-order valence-electron chi connectivity index (χ1n) is 9.28. The molecule has 4 rings (SSSR count). The molecule has 1 aliphatic heterocycles. The summed E-state index contributed by atoms with van der Waals surface area (Å²) >= 11 is 1.82. The highest BCUT2D eigenvalue weighted by atomic mass is 35.5. The number of nitrogens with one attached hydrogen (secondary N) is 2. The number of hydrogen-bond acceptors (Lipinski definition) is 5. The summed E-state index contributed by atoms with van der Waals surface area (Å²) in [6.45, 7) is 3.56. The van der Waals surface area contributed by atoms with Gasteiger partial charge in [0, 0.05) is 43.8 Å². The molecule has 2 N–H and O–H groups in total. The molecule has 0 saturated heterocycles. The van der Waals surface area contributed by atoms with Gasteiger partial charge in [0.2, 0.25) is 5.91 Å². The van der Waals surface area contributed by atoms with Crippen LogP contribution in [0.3, 0.4) is 0 Å². The number of thiazole rings is 1. The van der Waals surface area contributed by atoms with Gasteiger partial charge >= 0.3 is 0 Å². The molecule has 27 heavy (non-hydrogen) atoms. The lowest BCUT2D eigenvalue weighted by Crippen LogP contribution is -2.25. The number of hydrogen-bond donors (Lipinski definition) is 2. The van der Waals surface area contributed by atoms with Gasteiger partial charge in [0.15, 0.2) is 0 Å². The van der Waals surface area contributed by atoms with Crippen molar-refractivity contribution in [1.82, 2.24) is 25.4 Å². The number of halogens is 2. The molecule has 0 aromatic carbocycles. The van der Waals surface area contributed by atoms with Crippen LogP contribution in [-0.2, 0) is 43.6 Å². The van der Waals surface area contributed by atoms with Crippen molar-refractivity contribution in [2.24, 2.45) is 0 Å². The third-order valence-corrected chi connectivity index (χ3v) is 6.07. The summed E-state index contributed by atoms with van der Waals surface area (Å²) in [6, 6.07) is 2.13. The van der Waals surface area contributed by atoms with E-state index in [2.05, 4.69) is 31.5 Å². The van der Waals surface area contributed by atoms with Crippen LogP contribution < -0.4 is 10.6 Å². The Bertz CT molecular complexity index is 716. The molecule has 0 spiro atoms. The van der Waals surface area contributed by atoms with E-state index >= 15 is 0 Å². The second-order valence-electron chi connectivity index (χ2n) is 6.81. The van der Waals surface area contributed by atoms with Crippen LogP contribution in [0.2, 0.25) is 0 Å². The molecule has 0 radical (unpaired) electrons. The van der Waals surface area contributed by atoms with Crippen molar-refractivity contribution < 1.29 is 4.79 Å². The van der Waals surface area contributed by atoms with Gasteiger partial charge in [-0.2, -0.15) is 5.10 Å². The molecule has 1 amide bonds. The van der Waals surface area contributed by atoms with Crippen LogP contribution in [0.15, 0.2) is 6.07 Å². The number of aryl methyl sites for hydroxylation is 4. The lowest BCUT2D eigenvalue weighted by atomic mass is 10.2. The van der Waals surface area contributed by atoms with Gasteiger partial charge in [-0.25, -0.2) is 4.98 Å². The first kappa shape index (κ1) is 22.1. The SMILES string of the molecule is Cl.Cl.O=C(CCc1cc2n(n1)CCCNC2)NCCc1nc2c(s1)CCC2. The van der Waals surface area contributed by atoms with E-state index in [0.29, 0.717) is 19.4 Å². The predicted octanol–water partition coefficient (Wildman–Crippen LogP) is 2.46. The minimum Gasteiger partial charge on any atom is -0.356 e. The van der Waals surface area contributed by atoms with E-state index in [9.17, 15) is 4.79 Å². The molecule has 2 aromatic heterocycles. The molecule has 1 aliphatic carbocycles. The number of aromatic nitrogens is 3. The number of nitrogens with zero attached hydrogens (tertiary/aromatic N) is 3. The maximum absolute atomic E-state index is 12.1. The fourth-order valence-corrected chi connectivity index (χ4v) is 4.69. The zero-order valence-corrected chi connectivity index (χ0v) is 17.8. The Labute approximate surface area is 176 Å². The van der Waals surface area contributed by atoms with Crippen LogP contribution in [-0.4, -0.2) is 33.8 Å². The van der Waals surface area contributed by atoms with E-state index in [1.165, 1.54) is 29.1 Å². The first-order chi connectivity index (χ1) is 12.3. The smallest absolute Gasteiger partial charge is 0.220 e. The molecule has 2 aromatic rings. The Balaban J connectivity index is 0.00000131. The van der Waals surface area contributed by atoms with Crippen molar-refractivity contribution in [2.75, 3.05) is 13.1 Å². The number of carbonyl (C=O) groups excluding carboxylic acids is 1. The van der Waals surface area contributed by atoms with Gasteiger partial charge in [-0.05, 0) is 38.3 Å². The summed E-state index contributed by atoms with van der Waals surface area (Å²) in [4.78, 5) is 18.2. The van der Waals surface area contributed by atoms with Crippen LogP contribution in [0.1, 0.15) is 46.2 Å². The van der Waals surface area contributed by atoms with Crippen molar-refractivity contribution in [3.8, 4) is 0 Å². The maximum Gasteiger partial charge on any atom is 0.220 e. The van der Waals surface area contributed by atoms with Gasteiger partial charge in [-0.3, -0.25) is 9.48 Å². The Hall–Kier alpha value is -1.15. The molecule has 0 atom stereocenters. The molecule has 6 nitrogen and oxygen atoms in total. The van der Waals surface area contributed by atoms with Gasteiger partial charge in [-0.1, -0.05) is 0 Å². The van der Waals surface area contributed by atoms with E-state index in [1.807, 2.05) is 11.3 Å². The van der Waals surface area contributed by atoms with Crippen LogP contribution in [0.5, 0.6) is 0 Å². The Morgan fingerprint density at radius 3 is 3.00 bits per heavy atom. The molecule has 9 heteroatoms. The second-order valence-corrected chi connectivity index (χ2v) is 7.98. The molecule has 3 heterocycles. The maximum atomic E-state index is 12.1. The minimum absolute atomic E-state index is 0. The zero-order valence-electron chi connectivity index (χ0n) is 15.3. The molecule has 0 unspecified atom stereocenters. The predicted molar refractivity (Wildman–Crippen MR) is 112 cm³/mol. The van der Waals surface area contributed by atoms with Gasteiger partial charge in [-0.15, -0.1) is 36.2 Å². The quantitative estimate of drug-likeness (QED) is 0.736. The van der Waals surface area contributed by atoms with E-state index in [-0.39, 0.29) is 30.7 Å². The zero-order chi connectivity index (χ0) is 17.1. The minimum atomic E-state index is 0. The first-order valence-corrected chi connectivity index (χ1v) is 10.1. The summed E-state index contributed by atoms with van der Waals surface area (Å²) in [5, 5.41) is 12.2. The van der Waals surface area contributed by atoms with Crippen LogP contribution in [0.4, 0.5) is 0 Å². The van der Waals surface area contributed by atoms with E-state index in [0.717, 1.165) is 49.6 Å². The average molecular weight is 432 g/mol. The van der Waals surface area contributed by atoms with Gasteiger partial charge in [0.25, 0.3) is 0 Å². The summed E-state index contributed by atoms with van der Waals surface area (Å²) in [6.07, 6.45) is 6.71. The summed E-state index contributed by atoms with van der Waals surface area (Å²) in [5.41, 5.74) is 3.54. The highest BCUT2D eigenvalue weighted by molar-refractivity contribution is 7.11. The van der Waals surface area contributed by atoms with E-state index in [4.69, 9.17) is 0 Å². The lowest BCUT2D eigenvalue weighted by Gasteiger charge is -2.03. The Kier molecular flexibility index (Phi) is 8.54. The molecule has 0 fully saturated rings. The molecule has 2 aliphatic rings. The standard InChI is InChI=1S/C18H25N5OS.2ClH/c24-17(20-9-7-18-21-15-3-1-4-16(15)25-18)6-5-13-11-14-12-19-8-2-10-23(14)22-13;;/h11,19H,1-10,12H2,(H,20,24);2*1H. The molecular weight excluding hydrogens is 405 g/mol. The molecule has 0 saturated carbocycles. The summed E-state index contributed by atoms with van der Waals surface area (Å²) in [7, 11) is 0. The van der Waals surface area contributed by atoms with E-state index < -0.39 is 0 Å².